The molecule has 1 saturated heterocycles. The molecule has 0 aliphatic carbocycles. The summed E-state index contributed by atoms with van der Waals surface area (Å²) in [7, 11) is 3.05. The molecule has 1 amide bonds. The minimum atomic E-state index is -0.463. The molecule has 0 aromatic carbocycles. The van der Waals surface area contributed by atoms with E-state index >= 15 is 0 Å². The van der Waals surface area contributed by atoms with Crippen LogP contribution < -0.4 is 5.32 Å². The van der Waals surface area contributed by atoms with Crippen molar-refractivity contribution in [2.24, 2.45) is 7.05 Å². The average molecular weight is 223 g/mol. The molecule has 1 N–H and O–H groups in total. The molecule has 1 aromatic rings. The maximum absolute atomic E-state index is 11.5. The largest absolute Gasteiger partial charge is 0.464 e. The Kier molecular flexibility index (Phi) is 2.64. The van der Waals surface area contributed by atoms with E-state index in [1.54, 1.807) is 17.9 Å². The molecule has 1 aliphatic rings. The van der Waals surface area contributed by atoms with Gasteiger partial charge in [0.1, 0.15) is 0 Å². The average Bonchev–Trinajstić information content (AvgIpc) is 2.83. The van der Waals surface area contributed by atoms with Gasteiger partial charge >= 0.3 is 5.97 Å². The van der Waals surface area contributed by atoms with E-state index in [9.17, 15) is 9.59 Å². The summed E-state index contributed by atoms with van der Waals surface area (Å²) in [6.45, 7) is 0.550. The van der Waals surface area contributed by atoms with Crippen LogP contribution in [0, 0.1) is 0 Å². The number of hydrogen-bond donors (Lipinski definition) is 1. The summed E-state index contributed by atoms with van der Waals surface area (Å²) < 4.78 is 6.22. The lowest BCUT2D eigenvalue weighted by atomic mass is 9.99. The van der Waals surface area contributed by atoms with Crippen LogP contribution in [-0.4, -0.2) is 35.3 Å². The molecule has 0 saturated carbocycles. The zero-order valence-corrected chi connectivity index (χ0v) is 9.19. The molecule has 2 rings (SSSR count). The number of methoxy groups -OCH3 is 1. The second-order valence-electron chi connectivity index (χ2n) is 3.80. The van der Waals surface area contributed by atoms with Gasteiger partial charge in [0.2, 0.25) is 5.91 Å². The van der Waals surface area contributed by atoms with E-state index in [2.05, 4.69) is 15.2 Å². The van der Waals surface area contributed by atoms with Crippen molar-refractivity contribution >= 4 is 11.9 Å². The number of carbonyl (C=O) groups is 2. The molecule has 86 valence electrons. The Morgan fingerprint density at radius 3 is 3.00 bits per heavy atom. The predicted molar refractivity (Wildman–Crippen MR) is 54.9 cm³/mol. The van der Waals surface area contributed by atoms with Gasteiger partial charge in [-0.1, -0.05) is 0 Å². The van der Waals surface area contributed by atoms with Gasteiger partial charge in [0.05, 0.1) is 7.11 Å². The highest BCUT2D eigenvalue weighted by Gasteiger charge is 2.29. The number of nitrogens with one attached hydrogen (secondary N) is 1. The lowest BCUT2D eigenvalue weighted by molar-refractivity contribution is -0.119. The van der Waals surface area contributed by atoms with E-state index in [1.165, 1.54) is 7.11 Å². The summed E-state index contributed by atoms with van der Waals surface area (Å²) >= 11 is 0. The van der Waals surface area contributed by atoms with Crippen LogP contribution >= 0.6 is 0 Å². The Labute approximate surface area is 92.6 Å². The fraction of sp³-hybridized carbons (Fsp3) is 0.500. The first-order chi connectivity index (χ1) is 7.61. The third-order valence-corrected chi connectivity index (χ3v) is 2.65. The molecule has 1 unspecified atom stereocenters. The lowest BCUT2D eigenvalue weighted by Crippen LogP contribution is -2.14. The van der Waals surface area contributed by atoms with E-state index in [0.29, 0.717) is 18.7 Å². The molecular weight excluding hydrogens is 210 g/mol. The van der Waals surface area contributed by atoms with Crippen LogP contribution in [-0.2, 0) is 16.6 Å². The van der Waals surface area contributed by atoms with Crippen molar-refractivity contribution in [1.29, 1.82) is 0 Å². The van der Waals surface area contributed by atoms with Crippen LogP contribution in [0.25, 0.3) is 0 Å². The first-order valence-corrected chi connectivity index (χ1v) is 5.00. The third kappa shape index (κ3) is 1.78. The lowest BCUT2D eigenvalue weighted by Gasteiger charge is -2.05. The monoisotopic (exact) mass is 223 g/mol. The molecule has 0 spiro atoms. The Morgan fingerprint density at radius 2 is 2.44 bits per heavy atom. The molecular formula is C10H13N3O3. The number of hydrogen-bond acceptors (Lipinski definition) is 4. The van der Waals surface area contributed by atoms with E-state index in [0.717, 1.165) is 5.56 Å². The van der Waals surface area contributed by atoms with E-state index < -0.39 is 5.97 Å². The number of ether oxygens (including phenoxy) is 1. The molecule has 6 nitrogen and oxygen atoms in total. The number of carbonyl (C=O) groups excluding carboxylic acids is 2. The topological polar surface area (TPSA) is 73.2 Å². The summed E-state index contributed by atoms with van der Waals surface area (Å²) in [6, 6.07) is 0. The fourth-order valence-corrected chi connectivity index (χ4v) is 1.89. The van der Waals surface area contributed by atoms with Crippen LogP contribution in [0.15, 0.2) is 6.20 Å². The zero-order chi connectivity index (χ0) is 11.7. The highest BCUT2D eigenvalue weighted by atomic mass is 16.5. The molecule has 1 aromatic heterocycles. The van der Waals surface area contributed by atoms with E-state index in [1.807, 2.05) is 0 Å². The van der Waals surface area contributed by atoms with Crippen LogP contribution in [0.3, 0.4) is 0 Å². The quantitative estimate of drug-likeness (QED) is 0.705. The van der Waals surface area contributed by atoms with Gasteiger partial charge in [0, 0.05) is 37.7 Å². The summed E-state index contributed by atoms with van der Waals surface area (Å²) in [5.74, 6) is -0.449. The highest BCUT2D eigenvalue weighted by Crippen LogP contribution is 2.25. The van der Waals surface area contributed by atoms with Crippen molar-refractivity contribution in [1.82, 2.24) is 15.1 Å². The molecule has 1 fully saturated rings. The Morgan fingerprint density at radius 1 is 1.69 bits per heavy atom. The molecule has 1 aliphatic heterocycles. The summed E-state index contributed by atoms with van der Waals surface area (Å²) in [6.07, 6.45) is 2.16. The van der Waals surface area contributed by atoms with E-state index in [-0.39, 0.29) is 11.8 Å². The normalized spacial score (nSPS) is 19.6. The maximum Gasteiger partial charge on any atom is 0.358 e. The summed E-state index contributed by atoms with van der Waals surface area (Å²) in [5, 5.41) is 6.79. The molecule has 1 atom stereocenters. The first-order valence-electron chi connectivity index (χ1n) is 5.00. The minimum absolute atomic E-state index is 0.00432. The van der Waals surface area contributed by atoms with Gasteiger partial charge in [-0.25, -0.2) is 4.79 Å². The van der Waals surface area contributed by atoms with Crippen LogP contribution in [0.5, 0.6) is 0 Å². The predicted octanol–water partition coefficient (Wildman–Crippen LogP) is -0.190. The van der Waals surface area contributed by atoms with Crippen LogP contribution in [0.1, 0.15) is 28.4 Å². The number of aryl methyl sites for hydroxylation is 1. The van der Waals surface area contributed by atoms with Crippen molar-refractivity contribution in [3.63, 3.8) is 0 Å². The van der Waals surface area contributed by atoms with Crippen molar-refractivity contribution in [2.75, 3.05) is 13.7 Å². The molecule has 2 heterocycles. The molecule has 0 bridgehead atoms. The van der Waals surface area contributed by atoms with Crippen LogP contribution in [0.2, 0.25) is 0 Å². The Bertz CT molecular complexity index is 439. The third-order valence-electron chi connectivity index (χ3n) is 2.65. The second-order valence-corrected chi connectivity index (χ2v) is 3.80. The van der Waals surface area contributed by atoms with Gasteiger partial charge in [-0.05, 0) is 0 Å². The van der Waals surface area contributed by atoms with Crippen molar-refractivity contribution in [2.45, 2.75) is 12.3 Å². The SMILES string of the molecule is COC(=O)c1nn(C)cc1C1CNC(=O)C1. The Hall–Kier alpha value is -1.85. The number of rotatable bonds is 2. The summed E-state index contributed by atoms with van der Waals surface area (Å²) in [4.78, 5) is 22.6. The number of amides is 1. The molecule has 6 heteroatoms. The number of aromatic nitrogens is 2. The molecule has 0 radical (unpaired) electrons. The maximum atomic E-state index is 11.5. The smallest absolute Gasteiger partial charge is 0.358 e. The number of nitrogens with zero attached hydrogens (tertiary/aromatic N) is 2. The van der Waals surface area contributed by atoms with E-state index in [4.69, 9.17) is 0 Å². The molecule has 16 heavy (non-hydrogen) atoms. The van der Waals surface area contributed by atoms with Gasteiger partial charge in [0.15, 0.2) is 5.69 Å². The van der Waals surface area contributed by atoms with Gasteiger partial charge in [-0.2, -0.15) is 5.10 Å². The Balaban J connectivity index is 2.32. The van der Waals surface area contributed by atoms with Gasteiger partial charge in [0.25, 0.3) is 0 Å². The number of esters is 1. The van der Waals surface area contributed by atoms with Gasteiger partial charge in [-0.15, -0.1) is 0 Å². The first kappa shape index (κ1) is 10.7. The fourth-order valence-electron chi connectivity index (χ4n) is 1.89. The zero-order valence-electron chi connectivity index (χ0n) is 9.19. The van der Waals surface area contributed by atoms with Crippen molar-refractivity contribution in [3.05, 3.63) is 17.5 Å². The minimum Gasteiger partial charge on any atom is -0.464 e. The second kappa shape index (κ2) is 3.96. The highest BCUT2D eigenvalue weighted by molar-refractivity contribution is 5.89. The standard InChI is InChI=1S/C10H13N3O3/c1-13-5-7(6-3-8(14)11-4-6)9(12-13)10(15)16-2/h5-6H,3-4H2,1-2H3,(H,11,14). The van der Waals surface area contributed by atoms with Gasteiger partial charge < -0.3 is 10.1 Å². The van der Waals surface area contributed by atoms with Crippen molar-refractivity contribution < 1.29 is 14.3 Å². The summed E-state index contributed by atoms with van der Waals surface area (Å²) in [5.41, 5.74) is 1.07. The van der Waals surface area contributed by atoms with Crippen LogP contribution in [0.4, 0.5) is 0 Å². The van der Waals surface area contributed by atoms with Crippen molar-refractivity contribution in [3.8, 4) is 0 Å². The van der Waals surface area contributed by atoms with Gasteiger partial charge in [-0.3, -0.25) is 9.48 Å².